The highest BCUT2D eigenvalue weighted by atomic mass is 32.2. The van der Waals surface area contributed by atoms with Crippen LogP contribution in [0.5, 0.6) is 5.75 Å². The maximum Gasteiger partial charge on any atom is 0.244 e. The van der Waals surface area contributed by atoms with Crippen molar-refractivity contribution in [1.29, 1.82) is 0 Å². The normalized spacial score (nSPS) is 12.4. The summed E-state index contributed by atoms with van der Waals surface area (Å²) < 4.78 is 31.4. The van der Waals surface area contributed by atoms with E-state index in [1.807, 2.05) is 42.5 Å². The molecule has 0 bridgehead atoms. The largest absolute Gasteiger partial charge is 0.497 e. The van der Waals surface area contributed by atoms with E-state index in [0.717, 1.165) is 22.6 Å². The SMILES string of the molecule is CC[C@H](C(=O)NCc1cccc2ccccc12)N(c1ccc(OC)cc1)S(C)(=O)=O. The van der Waals surface area contributed by atoms with E-state index >= 15 is 0 Å². The molecule has 0 radical (unpaired) electrons. The minimum atomic E-state index is -3.68. The zero-order valence-electron chi connectivity index (χ0n) is 17.3. The molecule has 158 valence electrons. The van der Waals surface area contributed by atoms with E-state index < -0.39 is 16.1 Å². The first-order valence-corrected chi connectivity index (χ1v) is 11.6. The summed E-state index contributed by atoms with van der Waals surface area (Å²) in [6, 6.07) is 19.6. The number of sulfonamides is 1. The molecule has 0 aliphatic heterocycles. The first kappa shape index (κ1) is 21.6. The van der Waals surface area contributed by atoms with Crippen LogP contribution in [0.25, 0.3) is 10.8 Å². The van der Waals surface area contributed by atoms with Crippen molar-refractivity contribution in [2.75, 3.05) is 17.7 Å². The van der Waals surface area contributed by atoms with Crippen LogP contribution >= 0.6 is 0 Å². The molecule has 1 atom stereocenters. The van der Waals surface area contributed by atoms with Crippen molar-refractivity contribution in [3.8, 4) is 5.75 Å². The molecule has 3 aromatic rings. The Morgan fingerprint density at radius 1 is 1.03 bits per heavy atom. The Morgan fingerprint density at radius 2 is 1.70 bits per heavy atom. The number of hydrogen-bond donors (Lipinski definition) is 1. The van der Waals surface area contributed by atoms with Gasteiger partial charge in [-0.05, 0) is 47.0 Å². The second-order valence-electron chi connectivity index (χ2n) is 7.04. The quantitative estimate of drug-likeness (QED) is 0.596. The number of rotatable bonds is 8. The van der Waals surface area contributed by atoms with Crippen molar-refractivity contribution in [3.05, 3.63) is 72.3 Å². The van der Waals surface area contributed by atoms with Crippen LogP contribution in [0.15, 0.2) is 66.7 Å². The molecule has 7 heteroatoms. The summed E-state index contributed by atoms with van der Waals surface area (Å²) in [4.78, 5) is 13.0. The summed E-state index contributed by atoms with van der Waals surface area (Å²) in [5.41, 5.74) is 1.40. The number of amides is 1. The summed E-state index contributed by atoms with van der Waals surface area (Å²) in [6.45, 7) is 2.11. The molecule has 0 spiro atoms. The van der Waals surface area contributed by atoms with Crippen LogP contribution in [-0.2, 0) is 21.4 Å². The second kappa shape index (κ2) is 9.17. The third-order valence-electron chi connectivity index (χ3n) is 4.99. The Bertz CT molecular complexity index is 1120. The van der Waals surface area contributed by atoms with E-state index in [-0.39, 0.29) is 5.91 Å². The molecule has 6 nitrogen and oxygen atoms in total. The fourth-order valence-corrected chi connectivity index (χ4v) is 4.75. The molecule has 1 N–H and O–H groups in total. The molecular formula is C23H26N2O4S. The van der Waals surface area contributed by atoms with Gasteiger partial charge in [0, 0.05) is 6.54 Å². The van der Waals surface area contributed by atoms with Crippen LogP contribution in [-0.4, -0.2) is 33.7 Å². The number of carbonyl (C=O) groups is 1. The van der Waals surface area contributed by atoms with Gasteiger partial charge in [0.25, 0.3) is 0 Å². The number of anilines is 1. The molecule has 0 aliphatic rings. The molecule has 0 saturated carbocycles. The third kappa shape index (κ3) is 4.74. The van der Waals surface area contributed by atoms with Crippen LogP contribution in [0.3, 0.4) is 0 Å². The molecule has 3 rings (SSSR count). The monoisotopic (exact) mass is 426 g/mol. The topological polar surface area (TPSA) is 75.7 Å². The molecule has 0 aromatic heterocycles. The summed E-state index contributed by atoms with van der Waals surface area (Å²) in [6.07, 6.45) is 1.44. The number of hydrogen-bond acceptors (Lipinski definition) is 4. The molecule has 0 aliphatic carbocycles. The van der Waals surface area contributed by atoms with Crippen molar-refractivity contribution >= 4 is 32.4 Å². The van der Waals surface area contributed by atoms with Crippen LogP contribution in [0.2, 0.25) is 0 Å². The zero-order valence-corrected chi connectivity index (χ0v) is 18.1. The Morgan fingerprint density at radius 3 is 2.33 bits per heavy atom. The summed E-state index contributed by atoms with van der Waals surface area (Å²) >= 11 is 0. The van der Waals surface area contributed by atoms with E-state index in [1.54, 1.807) is 38.3 Å². The van der Waals surface area contributed by atoms with Crippen LogP contribution in [0.1, 0.15) is 18.9 Å². The van der Waals surface area contributed by atoms with Crippen molar-refractivity contribution < 1.29 is 17.9 Å². The lowest BCUT2D eigenvalue weighted by Gasteiger charge is -2.30. The van der Waals surface area contributed by atoms with Gasteiger partial charge in [-0.1, -0.05) is 49.4 Å². The molecule has 0 heterocycles. The Balaban J connectivity index is 1.85. The van der Waals surface area contributed by atoms with E-state index in [9.17, 15) is 13.2 Å². The number of fused-ring (bicyclic) bond motifs is 1. The predicted molar refractivity (Wildman–Crippen MR) is 120 cm³/mol. The van der Waals surface area contributed by atoms with Crippen LogP contribution < -0.4 is 14.4 Å². The van der Waals surface area contributed by atoms with Crippen molar-refractivity contribution in [2.45, 2.75) is 25.9 Å². The van der Waals surface area contributed by atoms with Crippen LogP contribution in [0.4, 0.5) is 5.69 Å². The van der Waals surface area contributed by atoms with Crippen LogP contribution in [0, 0.1) is 0 Å². The number of benzene rings is 3. The molecule has 1 amide bonds. The number of nitrogens with zero attached hydrogens (tertiary/aromatic N) is 1. The minimum Gasteiger partial charge on any atom is -0.497 e. The highest BCUT2D eigenvalue weighted by Gasteiger charge is 2.31. The van der Waals surface area contributed by atoms with E-state index in [1.165, 1.54) is 4.31 Å². The van der Waals surface area contributed by atoms with Gasteiger partial charge in [0.2, 0.25) is 15.9 Å². The fourth-order valence-electron chi connectivity index (χ4n) is 3.54. The summed E-state index contributed by atoms with van der Waals surface area (Å²) in [5, 5.41) is 5.07. The smallest absolute Gasteiger partial charge is 0.244 e. The third-order valence-corrected chi connectivity index (χ3v) is 6.17. The molecule has 30 heavy (non-hydrogen) atoms. The highest BCUT2D eigenvalue weighted by Crippen LogP contribution is 2.25. The van der Waals surface area contributed by atoms with E-state index in [4.69, 9.17) is 4.74 Å². The maximum absolute atomic E-state index is 13.0. The van der Waals surface area contributed by atoms with Gasteiger partial charge in [0.15, 0.2) is 0 Å². The Kier molecular flexibility index (Phi) is 6.62. The van der Waals surface area contributed by atoms with Gasteiger partial charge in [0.05, 0.1) is 19.1 Å². The second-order valence-corrected chi connectivity index (χ2v) is 8.90. The number of methoxy groups -OCH3 is 1. The lowest BCUT2D eigenvalue weighted by atomic mass is 10.0. The summed E-state index contributed by atoms with van der Waals surface area (Å²) in [7, 11) is -2.14. The van der Waals surface area contributed by atoms with Gasteiger partial charge in [-0.15, -0.1) is 0 Å². The van der Waals surface area contributed by atoms with Gasteiger partial charge in [0.1, 0.15) is 11.8 Å². The molecule has 3 aromatic carbocycles. The minimum absolute atomic E-state index is 0.316. The van der Waals surface area contributed by atoms with Gasteiger partial charge in [-0.3, -0.25) is 9.10 Å². The van der Waals surface area contributed by atoms with E-state index in [0.29, 0.717) is 24.4 Å². The Labute approximate surface area is 177 Å². The summed E-state index contributed by atoms with van der Waals surface area (Å²) in [5.74, 6) is 0.271. The predicted octanol–water partition coefficient (Wildman–Crippen LogP) is 3.71. The van der Waals surface area contributed by atoms with Crippen molar-refractivity contribution in [3.63, 3.8) is 0 Å². The van der Waals surface area contributed by atoms with Crippen molar-refractivity contribution in [2.24, 2.45) is 0 Å². The van der Waals surface area contributed by atoms with Crippen molar-refractivity contribution in [1.82, 2.24) is 5.32 Å². The molecule has 0 fully saturated rings. The number of carbonyl (C=O) groups excluding carboxylic acids is 1. The average Bonchev–Trinajstić information content (AvgIpc) is 2.75. The number of ether oxygens (including phenoxy) is 1. The lowest BCUT2D eigenvalue weighted by Crippen LogP contribution is -2.49. The standard InChI is InChI=1S/C23H26N2O4S/c1-4-22(25(30(3,27)28)19-12-14-20(29-2)15-13-19)23(26)24-16-18-10-7-9-17-8-5-6-11-21(17)18/h5-15,22H,4,16H2,1-3H3,(H,24,26)/t22-/m1/s1. The number of nitrogens with one attached hydrogen (secondary N) is 1. The molecule has 0 saturated heterocycles. The highest BCUT2D eigenvalue weighted by molar-refractivity contribution is 7.92. The Hall–Kier alpha value is -3.06. The molecular weight excluding hydrogens is 400 g/mol. The first-order valence-electron chi connectivity index (χ1n) is 9.73. The van der Waals surface area contributed by atoms with E-state index in [2.05, 4.69) is 5.32 Å². The maximum atomic E-state index is 13.0. The molecule has 0 unspecified atom stereocenters. The average molecular weight is 427 g/mol. The van der Waals surface area contributed by atoms with Gasteiger partial charge in [-0.25, -0.2) is 8.42 Å². The first-order chi connectivity index (χ1) is 14.3. The van der Waals surface area contributed by atoms with Gasteiger partial charge in [-0.2, -0.15) is 0 Å². The van der Waals surface area contributed by atoms with Gasteiger partial charge >= 0.3 is 0 Å². The van der Waals surface area contributed by atoms with Gasteiger partial charge < -0.3 is 10.1 Å². The lowest BCUT2D eigenvalue weighted by molar-refractivity contribution is -0.122. The zero-order chi connectivity index (χ0) is 21.7. The fraction of sp³-hybridized carbons (Fsp3) is 0.261.